The monoisotopic (exact) mass is 258 g/mol. The smallest absolute Gasteiger partial charge is 0.308 e. The Balaban J connectivity index is 2.15. The molecule has 96 valence electrons. The Bertz CT molecular complexity index is 812. The van der Waals surface area contributed by atoms with E-state index in [0.29, 0.717) is 5.69 Å². The molecule has 7 nitrogen and oxygen atoms in total. The maximum absolute atomic E-state index is 11.6. The second-order valence-electron chi connectivity index (χ2n) is 4.14. The van der Waals surface area contributed by atoms with Crippen LogP contribution >= 0.6 is 0 Å². The Hall–Kier alpha value is -2.83. The summed E-state index contributed by atoms with van der Waals surface area (Å²) < 4.78 is 0. The number of carboxylic acid groups (broad SMARTS) is 1. The van der Waals surface area contributed by atoms with Gasteiger partial charge in [-0.3, -0.25) is 19.8 Å². The lowest BCUT2D eigenvalue weighted by Gasteiger charge is -2.01. The second kappa shape index (κ2) is 4.13. The van der Waals surface area contributed by atoms with Gasteiger partial charge in [0.05, 0.1) is 35.0 Å². The van der Waals surface area contributed by atoms with Crippen LogP contribution in [0.3, 0.4) is 0 Å². The topological polar surface area (TPSA) is 115 Å². The van der Waals surface area contributed by atoms with E-state index in [9.17, 15) is 9.59 Å². The molecule has 4 N–H and O–H groups in total. The van der Waals surface area contributed by atoms with Crippen LogP contribution in [-0.4, -0.2) is 31.2 Å². The molecule has 0 amide bonds. The molecule has 0 atom stereocenters. The average Bonchev–Trinajstić information content (AvgIpc) is 2.96. The fourth-order valence-electron chi connectivity index (χ4n) is 2.04. The molecule has 3 aromatic rings. The van der Waals surface area contributed by atoms with E-state index >= 15 is 0 Å². The number of nitrogens with one attached hydrogen (secondary N) is 3. The molecule has 0 radical (unpaired) electrons. The first-order valence-electron chi connectivity index (χ1n) is 5.60. The fourth-order valence-corrected chi connectivity index (χ4v) is 2.04. The minimum atomic E-state index is -1.05. The highest BCUT2D eigenvalue weighted by molar-refractivity contribution is 5.82. The number of fused-ring (bicyclic) bond motifs is 1. The van der Waals surface area contributed by atoms with E-state index in [1.54, 1.807) is 18.5 Å². The number of aliphatic carboxylic acids is 1. The first-order chi connectivity index (χ1) is 9.15. The van der Waals surface area contributed by atoms with Crippen molar-refractivity contribution in [2.75, 3.05) is 0 Å². The lowest BCUT2D eigenvalue weighted by atomic mass is 10.1. The molecule has 0 saturated carbocycles. The number of hydrogen-bond acceptors (Lipinski definition) is 3. The highest BCUT2D eigenvalue weighted by Crippen LogP contribution is 2.22. The van der Waals surface area contributed by atoms with Crippen molar-refractivity contribution < 1.29 is 9.90 Å². The van der Waals surface area contributed by atoms with Crippen LogP contribution in [0.2, 0.25) is 0 Å². The molecule has 0 aliphatic rings. The van der Waals surface area contributed by atoms with Crippen molar-refractivity contribution in [1.29, 1.82) is 0 Å². The molecule has 0 aliphatic heterocycles. The van der Waals surface area contributed by atoms with Crippen molar-refractivity contribution >= 4 is 17.0 Å². The summed E-state index contributed by atoms with van der Waals surface area (Å²) in [6.45, 7) is 0. The van der Waals surface area contributed by atoms with Gasteiger partial charge >= 0.3 is 5.97 Å². The van der Waals surface area contributed by atoms with Crippen molar-refractivity contribution in [2.24, 2.45) is 0 Å². The maximum Gasteiger partial charge on any atom is 0.308 e. The van der Waals surface area contributed by atoms with Crippen LogP contribution in [-0.2, 0) is 11.2 Å². The summed E-state index contributed by atoms with van der Waals surface area (Å²) in [4.78, 5) is 29.4. The van der Waals surface area contributed by atoms with E-state index in [2.05, 4.69) is 20.2 Å². The quantitative estimate of drug-likeness (QED) is 0.558. The van der Waals surface area contributed by atoms with Gasteiger partial charge in [-0.2, -0.15) is 0 Å². The largest absolute Gasteiger partial charge is 0.481 e. The molecule has 0 saturated heterocycles. The van der Waals surface area contributed by atoms with Crippen LogP contribution in [0.25, 0.3) is 22.3 Å². The van der Waals surface area contributed by atoms with E-state index in [-0.39, 0.29) is 12.0 Å². The second-order valence-corrected chi connectivity index (χ2v) is 4.14. The normalized spacial score (nSPS) is 10.9. The van der Waals surface area contributed by atoms with Crippen molar-refractivity contribution in [3.05, 3.63) is 40.4 Å². The number of aromatic nitrogens is 4. The summed E-state index contributed by atoms with van der Waals surface area (Å²) in [5.41, 5.74) is 2.64. The third-order valence-corrected chi connectivity index (χ3v) is 2.91. The van der Waals surface area contributed by atoms with Crippen molar-refractivity contribution in [3.8, 4) is 11.3 Å². The van der Waals surface area contributed by atoms with Gasteiger partial charge in [-0.05, 0) is 12.1 Å². The Labute approximate surface area is 106 Å². The SMILES string of the molecule is O=C(O)Cc1c(-c2ccc3nc[nH]c3c2)[nH][nH]c1=O. The van der Waals surface area contributed by atoms with E-state index in [4.69, 9.17) is 5.11 Å². The summed E-state index contributed by atoms with van der Waals surface area (Å²) in [6.07, 6.45) is 1.25. The van der Waals surface area contributed by atoms with Gasteiger partial charge in [0.1, 0.15) is 0 Å². The molecule has 0 unspecified atom stereocenters. The lowest BCUT2D eigenvalue weighted by Crippen LogP contribution is -2.11. The lowest BCUT2D eigenvalue weighted by molar-refractivity contribution is -0.136. The highest BCUT2D eigenvalue weighted by Gasteiger charge is 2.15. The minimum absolute atomic E-state index is 0.214. The van der Waals surface area contributed by atoms with Gasteiger partial charge in [-0.1, -0.05) is 6.07 Å². The first kappa shape index (κ1) is 11.3. The Morgan fingerprint density at radius 1 is 1.32 bits per heavy atom. The van der Waals surface area contributed by atoms with Crippen LogP contribution in [0.5, 0.6) is 0 Å². The number of carboxylic acids is 1. The zero-order valence-corrected chi connectivity index (χ0v) is 9.73. The molecule has 0 fully saturated rings. The molecular weight excluding hydrogens is 248 g/mol. The van der Waals surface area contributed by atoms with E-state index in [1.807, 2.05) is 6.07 Å². The summed E-state index contributed by atoms with van der Waals surface area (Å²) in [5, 5.41) is 14.0. The van der Waals surface area contributed by atoms with E-state index in [0.717, 1.165) is 16.6 Å². The minimum Gasteiger partial charge on any atom is -0.481 e. The molecule has 0 spiro atoms. The zero-order chi connectivity index (χ0) is 13.4. The number of aromatic amines is 3. The molecule has 0 bridgehead atoms. The van der Waals surface area contributed by atoms with Gasteiger partial charge in [-0.15, -0.1) is 0 Å². The van der Waals surface area contributed by atoms with Crippen LogP contribution in [0.4, 0.5) is 0 Å². The molecule has 2 heterocycles. The molecular formula is C12H10N4O3. The van der Waals surface area contributed by atoms with Crippen LogP contribution in [0, 0.1) is 0 Å². The molecule has 3 rings (SSSR count). The standard InChI is InChI=1S/C12H10N4O3/c17-10(18)4-7-11(15-16-12(7)19)6-1-2-8-9(3-6)14-5-13-8/h1-3,5H,4H2,(H,13,14)(H,17,18)(H2,15,16,19). The van der Waals surface area contributed by atoms with Gasteiger partial charge in [0.2, 0.25) is 0 Å². The van der Waals surface area contributed by atoms with Gasteiger partial charge in [-0.25, -0.2) is 4.98 Å². The van der Waals surface area contributed by atoms with Crippen molar-refractivity contribution in [1.82, 2.24) is 20.2 Å². The number of hydrogen-bond donors (Lipinski definition) is 4. The van der Waals surface area contributed by atoms with Gasteiger partial charge < -0.3 is 10.1 Å². The molecule has 7 heteroatoms. The summed E-state index contributed by atoms with van der Waals surface area (Å²) in [7, 11) is 0. The van der Waals surface area contributed by atoms with Crippen molar-refractivity contribution in [2.45, 2.75) is 6.42 Å². The van der Waals surface area contributed by atoms with Gasteiger partial charge in [0.15, 0.2) is 0 Å². The summed E-state index contributed by atoms with van der Waals surface area (Å²) in [6, 6.07) is 5.40. The number of H-pyrrole nitrogens is 3. The number of nitrogens with zero attached hydrogens (tertiary/aromatic N) is 1. The Morgan fingerprint density at radius 3 is 2.95 bits per heavy atom. The fraction of sp³-hybridized carbons (Fsp3) is 0.0833. The first-order valence-corrected chi connectivity index (χ1v) is 5.60. The Kier molecular flexibility index (Phi) is 2.45. The third kappa shape index (κ3) is 1.90. The number of benzene rings is 1. The number of imidazole rings is 1. The van der Waals surface area contributed by atoms with Gasteiger partial charge in [0.25, 0.3) is 5.56 Å². The van der Waals surface area contributed by atoms with E-state index in [1.165, 1.54) is 0 Å². The third-order valence-electron chi connectivity index (χ3n) is 2.91. The zero-order valence-electron chi connectivity index (χ0n) is 9.73. The molecule has 0 aliphatic carbocycles. The van der Waals surface area contributed by atoms with Crippen molar-refractivity contribution in [3.63, 3.8) is 0 Å². The maximum atomic E-state index is 11.6. The number of rotatable bonds is 3. The summed E-state index contributed by atoms with van der Waals surface area (Å²) >= 11 is 0. The van der Waals surface area contributed by atoms with Crippen LogP contribution in [0.15, 0.2) is 29.3 Å². The Morgan fingerprint density at radius 2 is 2.16 bits per heavy atom. The predicted molar refractivity (Wildman–Crippen MR) is 67.8 cm³/mol. The van der Waals surface area contributed by atoms with Crippen LogP contribution < -0.4 is 5.56 Å². The average molecular weight is 258 g/mol. The predicted octanol–water partition coefficient (Wildman–Crippen LogP) is 0.873. The molecule has 1 aromatic carbocycles. The van der Waals surface area contributed by atoms with Gasteiger partial charge in [0, 0.05) is 5.56 Å². The highest BCUT2D eigenvalue weighted by atomic mass is 16.4. The summed E-state index contributed by atoms with van der Waals surface area (Å²) in [5.74, 6) is -1.05. The number of carbonyl (C=O) groups is 1. The van der Waals surface area contributed by atoms with Crippen LogP contribution in [0.1, 0.15) is 5.56 Å². The molecule has 2 aromatic heterocycles. The molecule has 19 heavy (non-hydrogen) atoms. The van der Waals surface area contributed by atoms with E-state index < -0.39 is 11.5 Å².